The molecule has 3 aromatic rings. The minimum atomic E-state index is -4.39. The summed E-state index contributed by atoms with van der Waals surface area (Å²) < 4.78 is 66.1. The van der Waals surface area contributed by atoms with Gasteiger partial charge in [-0.25, -0.2) is 14.2 Å². The highest BCUT2D eigenvalue weighted by atomic mass is 19.4. The van der Waals surface area contributed by atoms with Gasteiger partial charge in [-0.2, -0.15) is 13.2 Å². The van der Waals surface area contributed by atoms with Crippen LogP contribution in [-0.2, 0) is 26.9 Å². The lowest BCUT2D eigenvalue weighted by Crippen LogP contribution is -2.41. The number of rotatable bonds is 11. The fourth-order valence-corrected chi connectivity index (χ4v) is 4.23. The van der Waals surface area contributed by atoms with Crippen LogP contribution in [0, 0.1) is 18.7 Å². The molecule has 0 saturated carbocycles. The Balaban J connectivity index is 0.00000102. The summed E-state index contributed by atoms with van der Waals surface area (Å²) in [6.07, 6.45) is -1.84. The molecule has 0 aliphatic heterocycles. The van der Waals surface area contributed by atoms with Crippen molar-refractivity contribution in [2.45, 2.75) is 72.2 Å². The van der Waals surface area contributed by atoms with E-state index in [9.17, 15) is 31.9 Å². The van der Waals surface area contributed by atoms with Crippen LogP contribution in [0.2, 0.25) is 0 Å². The van der Waals surface area contributed by atoms with Crippen LogP contribution in [-0.4, -0.2) is 42.1 Å². The fourth-order valence-electron chi connectivity index (χ4n) is 4.23. The summed E-state index contributed by atoms with van der Waals surface area (Å²) in [5.41, 5.74) is 0.913. The van der Waals surface area contributed by atoms with Crippen molar-refractivity contribution in [2.75, 3.05) is 7.11 Å². The smallest absolute Gasteiger partial charge is 0.416 e. The second-order valence-electron chi connectivity index (χ2n) is 10.4. The summed E-state index contributed by atoms with van der Waals surface area (Å²) in [6, 6.07) is 11.8. The molecule has 1 N–H and O–H groups in total. The average molecular weight is 637 g/mol. The number of hydrogen-bond acceptors (Lipinski definition) is 7. The van der Waals surface area contributed by atoms with E-state index in [1.54, 1.807) is 19.1 Å². The van der Waals surface area contributed by atoms with E-state index in [-0.39, 0.29) is 30.4 Å². The predicted octanol–water partition coefficient (Wildman–Crippen LogP) is 7.12. The van der Waals surface area contributed by atoms with Crippen LogP contribution >= 0.6 is 0 Å². The molecular weight excluding hydrogens is 596 g/mol. The topological polar surface area (TPSA) is 104 Å². The first-order valence-corrected chi connectivity index (χ1v) is 14.3. The maximum atomic E-state index is 12.8. The Kier molecular flexibility index (Phi) is 14.0. The van der Waals surface area contributed by atoms with Gasteiger partial charge in [0.15, 0.2) is 11.4 Å². The summed E-state index contributed by atoms with van der Waals surface area (Å²) in [4.78, 5) is 40.7. The van der Waals surface area contributed by atoms with Gasteiger partial charge in [-0.15, -0.1) is 0 Å². The summed E-state index contributed by atoms with van der Waals surface area (Å²) in [5.74, 6) is -2.27. The zero-order valence-corrected chi connectivity index (χ0v) is 26.0. The first-order valence-electron chi connectivity index (χ1n) is 14.3. The molecule has 0 bridgehead atoms. The number of carbonyl (C=O) groups is 3. The summed E-state index contributed by atoms with van der Waals surface area (Å²) >= 11 is 0. The van der Waals surface area contributed by atoms with Gasteiger partial charge in [-0.3, -0.25) is 9.59 Å². The first kappa shape index (κ1) is 36.7. The largest absolute Gasteiger partial charge is 0.493 e. The van der Waals surface area contributed by atoms with E-state index in [0.717, 1.165) is 36.6 Å². The minimum Gasteiger partial charge on any atom is -0.493 e. The zero-order chi connectivity index (χ0) is 33.7. The van der Waals surface area contributed by atoms with Crippen LogP contribution in [0.15, 0.2) is 60.8 Å². The van der Waals surface area contributed by atoms with Crippen molar-refractivity contribution in [3.8, 4) is 11.5 Å². The molecule has 2 aromatic carbocycles. The fraction of sp³-hybridized carbons (Fsp3) is 0.394. The number of benzene rings is 2. The number of amides is 1. The molecule has 45 heavy (non-hydrogen) atoms. The van der Waals surface area contributed by atoms with E-state index in [1.165, 1.54) is 50.6 Å². The third kappa shape index (κ3) is 12.2. The Morgan fingerprint density at radius 3 is 2.13 bits per heavy atom. The monoisotopic (exact) mass is 636 g/mol. The van der Waals surface area contributed by atoms with Crippen LogP contribution in [0.5, 0.6) is 11.5 Å². The first-order chi connectivity index (χ1) is 21.1. The number of aryl methyl sites for hydroxylation is 1. The van der Waals surface area contributed by atoms with E-state index in [1.807, 2.05) is 13.8 Å². The molecule has 0 radical (unpaired) electrons. The van der Waals surface area contributed by atoms with Crippen molar-refractivity contribution in [2.24, 2.45) is 5.92 Å². The lowest BCUT2D eigenvalue weighted by Gasteiger charge is -2.22. The molecule has 1 heterocycles. The number of nitrogens with zero attached hydrogens (tertiary/aromatic N) is 1. The molecular formula is C33H40F4N2O6. The van der Waals surface area contributed by atoms with Gasteiger partial charge in [0.05, 0.1) is 18.8 Å². The van der Waals surface area contributed by atoms with Gasteiger partial charge in [0, 0.05) is 20.6 Å². The van der Waals surface area contributed by atoms with Gasteiger partial charge in [-0.1, -0.05) is 43.2 Å². The maximum absolute atomic E-state index is 12.8. The van der Waals surface area contributed by atoms with E-state index in [2.05, 4.69) is 10.3 Å². The number of hydrogen-bond donors (Lipinski definition) is 1. The molecule has 12 heteroatoms. The summed E-state index contributed by atoms with van der Waals surface area (Å²) in [7, 11) is 1.34. The van der Waals surface area contributed by atoms with Crippen molar-refractivity contribution in [1.82, 2.24) is 10.3 Å². The van der Waals surface area contributed by atoms with Gasteiger partial charge in [0.25, 0.3) is 5.91 Å². The Bertz CT molecular complexity index is 1400. The van der Waals surface area contributed by atoms with Gasteiger partial charge in [-0.05, 0) is 69.4 Å². The minimum absolute atomic E-state index is 0. The van der Waals surface area contributed by atoms with Crippen molar-refractivity contribution in [3.63, 3.8) is 0 Å². The number of ether oxygens (including phenoxy) is 3. The quantitative estimate of drug-likeness (QED) is 0.177. The van der Waals surface area contributed by atoms with Crippen LogP contribution < -0.4 is 14.8 Å². The number of carbonyl (C=O) groups excluding carboxylic acids is 3. The van der Waals surface area contributed by atoms with E-state index in [0.29, 0.717) is 12.8 Å². The van der Waals surface area contributed by atoms with E-state index < -0.39 is 41.7 Å². The Hall–Kier alpha value is -4.48. The normalized spacial score (nSPS) is 12.9. The molecule has 0 aliphatic rings. The lowest BCUT2D eigenvalue weighted by molar-refractivity contribution is -0.151. The Morgan fingerprint density at radius 2 is 1.62 bits per heavy atom. The lowest BCUT2D eigenvalue weighted by atomic mass is 9.91. The molecule has 8 nitrogen and oxygen atoms in total. The van der Waals surface area contributed by atoms with Crippen LogP contribution in [0.1, 0.15) is 69.1 Å². The average Bonchev–Trinajstić information content (AvgIpc) is 2.98. The van der Waals surface area contributed by atoms with E-state index >= 15 is 0 Å². The van der Waals surface area contributed by atoms with Gasteiger partial charge in [0.1, 0.15) is 11.9 Å². The zero-order valence-electron chi connectivity index (χ0n) is 26.0. The predicted molar refractivity (Wildman–Crippen MR) is 161 cm³/mol. The molecule has 0 unspecified atom stereocenters. The molecule has 0 fully saturated rings. The molecule has 0 spiro atoms. The number of alkyl halides is 3. The SMILES string of the molecule is CC[C@H](Cc1ccc(C(F)(F)F)cc1)C[C@H](C)OC(=O)[C@H](C)NC(=O)c1nccc(OC)c1OC(C)=O.Cc1ccc(F)cc1.[HH]. The van der Waals surface area contributed by atoms with Crippen LogP contribution in [0.25, 0.3) is 0 Å². The van der Waals surface area contributed by atoms with Gasteiger partial charge < -0.3 is 19.5 Å². The van der Waals surface area contributed by atoms with Gasteiger partial charge in [0.2, 0.25) is 5.75 Å². The van der Waals surface area contributed by atoms with Crippen molar-refractivity contribution in [3.05, 3.63) is 89.0 Å². The second kappa shape index (κ2) is 17.1. The molecule has 0 saturated heterocycles. The number of aromatic nitrogens is 1. The van der Waals surface area contributed by atoms with Crippen molar-refractivity contribution < 1.29 is 47.6 Å². The summed E-state index contributed by atoms with van der Waals surface area (Å²) in [5, 5.41) is 2.48. The number of methoxy groups -OCH3 is 1. The van der Waals surface area contributed by atoms with Crippen molar-refractivity contribution >= 4 is 17.8 Å². The third-order valence-electron chi connectivity index (χ3n) is 6.63. The molecule has 0 aliphatic carbocycles. The molecule has 246 valence electrons. The standard InChI is InChI=1S/C26H31F3N2O6.C7H7F.H2/c1-6-18(14-19-7-9-20(10-8-19)26(27,28)29)13-15(2)36-25(34)16(3)31-24(33)22-23(37-17(4)32)21(35-5)11-12-30-22;1-6-2-4-7(8)5-3-6;/h7-12,15-16,18H,6,13-14H2,1-5H3,(H,31,33);2-5H,1H3;1H/t15-,16-,18-;;/m0../s1. The molecule has 1 aromatic heterocycles. The van der Waals surface area contributed by atoms with Crippen LogP contribution in [0.3, 0.4) is 0 Å². The van der Waals surface area contributed by atoms with E-state index in [4.69, 9.17) is 14.2 Å². The van der Waals surface area contributed by atoms with Crippen molar-refractivity contribution in [1.29, 1.82) is 0 Å². The Morgan fingerprint density at radius 1 is 1.00 bits per heavy atom. The third-order valence-corrected chi connectivity index (χ3v) is 6.63. The summed E-state index contributed by atoms with van der Waals surface area (Å²) in [6.45, 7) is 8.20. The second-order valence-corrected chi connectivity index (χ2v) is 10.4. The number of halogens is 4. The highest BCUT2D eigenvalue weighted by Crippen LogP contribution is 2.31. The number of esters is 2. The molecule has 1 amide bonds. The molecule has 3 rings (SSSR count). The Labute approximate surface area is 261 Å². The number of nitrogens with one attached hydrogen (secondary N) is 1. The highest BCUT2D eigenvalue weighted by molar-refractivity contribution is 5.98. The maximum Gasteiger partial charge on any atom is 0.416 e. The van der Waals surface area contributed by atoms with Gasteiger partial charge >= 0.3 is 18.1 Å². The molecule has 3 atom stereocenters. The highest BCUT2D eigenvalue weighted by Gasteiger charge is 2.30. The number of pyridine rings is 1. The van der Waals surface area contributed by atoms with Crippen LogP contribution in [0.4, 0.5) is 17.6 Å².